The molecule has 2 rings (SSSR count). The van der Waals surface area contributed by atoms with Crippen LogP contribution in [0.5, 0.6) is 0 Å². The first-order chi connectivity index (χ1) is 10.0. The van der Waals surface area contributed by atoms with Gasteiger partial charge in [-0.1, -0.05) is 26.7 Å². The van der Waals surface area contributed by atoms with Gasteiger partial charge in [-0.2, -0.15) is 0 Å². The van der Waals surface area contributed by atoms with Crippen molar-refractivity contribution < 1.29 is 9.53 Å². The van der Waals surface area contributed by atoms with Crippen LogP contribution in [0.15, 0.2) is 0 Å². The molecule has 0 spiro atoms. The normalized spacial score (nSPS) is 23.1. The van der Waals surface area contributed by atoms with Crippen LogP contribution in [0.25, 0.3) is 0 Å². The molecule has 0 aromatic rings. The zero-order valence-corrected chi connectivity index (χ0v) is 14.9. The molecule has 4 nitrogen and oxygen atoms in total. The summed E-state index contributed by atoms with van der Waals surface area (Å²) in [6.45, 7) is 6.83. The maximum absolute atomic E-state index is 12.4. The summed E-state index contributed by atoms with van der Waals surface area (Å²) in [5.41, 5.74) is 6.47. The second-order valence-corrected chi connectivity index (χ2v) is 7.50. The molecule has 1 amide bonds. The fourth-order valence-electron chi connectivity index (χ4n) is 4.13. The van der Waals surface area contributed by atoms with Gasteiger partial charge in [0.2, 0.25) is 5.91 Å². The summed E-state index contributed by atoms with van der Waals surface area (Å²) in [6.07, 6.45) is 8.12. The van der Waals surface area contributed by atoms with Crippen LogP contribution < -0.4 is 11.1 Å². The van der Waals surface area contributed by atoms with Crippen LogP contribution in [-0.4, -0.2) is 31.7 Å². The summed E-state index contributed by atoms with van der Waals surface area (Å²) < 4.78 is 5.34. The van der Waals surface area contributed by atoms with Crippen LogP contribution in [-0.2, 0) is 9.53 Å². The van der Waals surface area contributed by atoms with Crippen molar-refractivity contribution in [3.05, 3.63) is 0 Å². The Hall–Kier alpha value is -0.320. The maximum Gasteiger partial charge on any atom is 0.237 e. The van der Waals surface area contributed by atoms with E-state index in [4.69, 9.17) is 10.5 Å². The maximum atomic E-state index is 12.4. The minimum Gasteiger partial charge on any atom is -0.381 e. The van der Waals surface area contributed by atoms with E-state index in [0.29, 0.717) is 11.3 Å². The number of amides is 1. The molecule has 5 heteroatoms. The molecule has 2 aliphatic rings. The Labute approximate surface area is 141 Å². The zero-order chi connectivity index (χ0) is 15.3. The van der Waals surface area contributed by atoms with Crippen LogP contribution in [0.2, 0.25) is 0 Å². The van der Waals surface area contributed by atoms with Crippen molar-refractivity contribution in [2.75, 3.05) is 19.8 Å². The van der Waals surface area contributed by atoms with Crippen molar-refractivity contribution in [2.24, 2.45) is 23.0 Å². The van der Waals surface area contributed by atoms with Gasteiger partial charge < -0.3 is 15.8 Å². The number of carbonyl (C=O) groups is 1. The molecule has 1 saturated heterocycles. The monoisotopic (exact) mass is 332 g/mol. The lowest BCUT2D eigenvalue weighted by atomic mass is 9.78. The molecule has 1 saturated carbocycles. The Morgan fingerprint density at radius 1 is 1.27 bits per heavy atom. The summed E-state index contributed by atoms with van der Waals surface area (Å²) in [4.78, 5) is 12.4. The molecule has 0 bridgehead atoms. The SMILES string of the molecule is CC(C)CC1(CNC(=O)C(N)C2CCOCC2)CCCC1.Cl. The molecule has 0 aromatic carbocycles. The third-order valence-electron chi connectivity index (χ3n) is 5.22. The number of nitrogens with two attached hydrogens (primary N) is 1. The molecular formula is C17H33ClN2O2. The highest BCUT2D eigenvalue weighted by Gasteiger charge is 2.35. The average Bonchev–Trinajstić information content (AvgIpc) is 2.93. The smallest absolute Gasteiger partial charge is 0.237 e. The highest BCUT2D eigenvalue weighted by Crippen LogP contribution is 2.42. The quantitative estimate of drug-likeness (QED) is 0.786. The summed E-state index contributed by atoms with van der Waals surface area (Å²) in [6, 6.07) is -0.369. The van der Waals surface area contributed by atoms with Crippen molar-refractivity contribution in [1.29, 1.82) is 0 Å². The molecule has 1 aliphatic carbocycles. The third-order valence-corrected chi connectivity index (χ3v) is 5.22. The molecule has 0 radical (unpaired) electrons. The van der Waals surface area contributed by atoms with E-state index in [0.717, 1.165) is 32.6 Å². The number of rotatable bonds is 6. The Morgan fingerprint density at radius 3 is 2.41 bits per heavy atom. The Kier molecular flexibility index (Phi) is 8.15. The van der Waals surface area contributed by atoms with Gasteiger partial charge in [-0.05, 0) is 49.4 Å². The second kappa shape index (κ2) is 9.09. The molecule has 1 unspecified atom stereocenters. The van der Waals surface area contributed by atoms with E-state index in [1.54, 1.807) is 0 Å². The van der Waals surface area contributed by atoms with Gasteiger partial charge in [0.25, 0.3) is 0 Å². The van der Waals surface area contributed by atoms with E-state index >= 15 is 0 Å². The molecule has 3 N–H and O–H groups in total. The molecular weight excluding hydrogens is 300 g/mol. The van der Waals surface area contributed by atoms with Crippen LogP contribution in [0, 0.1) is 17.3 Å². The summed E-state index contributed by atoms with van der Waals surface area (Å²) in [7, 11) is 0. The Bertz CT molecular complexity index is 338. The first-order valence-corrected chi connectivity index (χ1v) is 8.63. The fraction of sp³-hybridized carbons (Fsp3) is 0.941. The summed E-state index contributed by atoms with van der Waals surface area (Å²) in [5, 5.41) is 3.16. The Balaban J connectivity index is 0.00000242. The molecule has 0 aromatic heterocycles. The highest BCUT2D eigenvalue weighted by atomic mass is 35.5. The number of halogens is 1. The molecule has 1 aliphatic heterocycles. The lowest BCUT2D eigenvalue weighted by Crippen LogP contribution is -2.49. The van der Waals surface area contributed by atoms with Gasteiger partial charge in [0.15, 0.2) is 0 Å². The topological polar surface area (TPSA) is 64.4 Å². The highest BCUT2D eigenvalue weighted by molar-refractivity contribution is 5.85. The lowest BCUT2D eigenvalue weighted by molar-refractivity contribution is -0.124. The van der Waals surface area contributed by atoms with Gasteiger partial charge in [0, 0.05) is 19.8 Å². The standard InChI is InChI=1S/C17H32N2O2.ClH/c1-13(2)11-17(7-3-4-8-17)12-19-16(20)15(18)14-5-9-21-10-6-14;/h13-15H,3-12,18H2,1-2H3,(H,19,20);1H. The molecule has 130 valence electrons. The summed E-state index contributed by atoms with van der Waals surface area (Å²) in [5.74, 6) is 1.00. The predicted molar refractivity (Wildman–Crippen MR) is 92.1 cm³/mol. The first-order valence-electron chi connectivity index (χ1n) is 8.63. The van der Waals surface area contributed by atoms with Crippen LogP contribution >= 0.6 is 12.4 Å². The van der Waals surface area contributed by atoms with E-state index in [1.165, 1.54) is 32.1 Å². The van der Waals surface area contributed by atoms with Gasteiger partial charge in [-0.15, -0.1) is 12.4 Å². The van der Waals surface area contributed by atoms with E-state index in [1.807, 2.05) is 0 Å². The van der Waals surface area contributed by atoms with E-state index in [-0.39, 0.29) is 30.3 Å². The summed E-state index contributed by atoms with van der Waals surface area (Å²) >= 11 is 0. The van der Waals surface area contributed by atoms with Crippen molar-refractivity contribution in [3.8, 4) is 0 Å². The van der Waals surface area contributed by atoms with Crippen molar-refractivity contribution in [2.45, 2.75) is 64.8 Å². The first kappa shape index (κ1) is 19.7. The van der Waals surface area contributed by atoms with Crippen molar-refractivity contribution in [1.82, 2.24) is 5.32 Å². The second-order valence-electron chi connectivity index (χ2n) is 7.50. The minimum absolute atomic E-state index is 0. The largest absolute Gasteiger partial charge is 0.381 e. The van der Waals surface area contributed by atoms with E-state index in [9.17, 15) is 4.79 Å². The van der Waals surface area contributed by atoms with Gasteiger partial charge in [-0.3, -0.25) is 4.79 Å². The van der Waals surface area contributed by atoms with E-state index < -0.39 is 0 Å². The van der Waals surface area contributed by atoms with Crippen molar-refractivity contribution >= 4 is 18.3 Å². The molecule has 1 atom stereocenters. The van der Waals surface area contributed by atoms with Gasteiger partial charge in [0.1, 0.15) is 0 Å². The number of nitrogens with one attached hydrogen (secondary N) is 1. The number of hydrogen-bond acceptors (Lipinski definition) is 3. The molecule has 1 heterocycles. The van der Waals surface area contributed by atoms with Crippen LogP contribution in [0.3, 0.4) is 0 Å². The molecule has 22 heavy (non-hydrogen) atoms. The van der Waals surface area contributed by atoms with Crippen molar-refractivity contribution in [3.63, 3.8) is 0 Å². The van der Waals surface area contributed by atoms with E-state index in [2.05, 4.69) is 19.2 Å². The third kappa shape index (κ3) is 5.39. The van der Waals surface area contributed by atoms with Crippen LogP contribution in [0.1, 0.15) is 58.8 Å². The lowest BCUT2D eigenvalue weighted by Gasteiger charge is -2.33. The predicted octanol–water partition coefficient (Wildman–Crippen LogP) is 2.88. The zero-order valence-electron chi connectivity index (χ0n) is 14.1. The van der Waals surface area contributed by atoms with Gasteiger partial charge >= 0.3 is 0 Å². The minimum atomic E-state index is -0.369. The van der Waals surface area contributed by atoms with Gasteiger partial charge in [0.05, 0.1) is 6.04 Å². The number of ether oxygens (including phenoxy) is 1. The number of hydrogen-bond donors (Lipinski definition) is 2. The number of carbonyl (C=O) groups excluding carboxylic acids is 1. The Morgan fingerprint density at radius 2 is 1.86 bits per heavy atom. The van der Waals surface area contributed by atoms with Gasteiger partial charge in [-0.25, -0.2) is 0 Å². The fourth-order valence-corrected chi connectivity index (χ4v) is 4.13. The molecule has 2 fully saturated rings. The van der Waals surface area contributed by atoms with Crippen LogP contribution in [0.4, 0.5) is 0 Å². The average molecular weight is 333 g/mol.